The first kappa shape index (κ1) is 24.0. The monoisotopic (exact) mass is 410 g/mol. The molecule has 0 spiro atoms. The molecule has 0 fully saturated rings. The van der Waals surface area contributed by atoms with Gasteiger partial charge in [0.1, 0.15) is 11.6 Å². The first-order valence-corrected chi connectivity index (χ1v) is 9.87. The average molecular weight is 411 g/mol. The van der Waals surface area contributed by atoms with E-state index in [2.05, 4.69) is 10.6 Å². The summed E-state index contributed by atoms with van der Waals surface area (Å²) >= 11 is 6.03. The highest BCUT2D eigenvalue weighted by molar-refractivity contribution is 6.31. The molecule has 0 unspecified atom stereocenters. The Morgan fingerprint density at radius 2 is 1.75 bits per heavy atom. The van der Waals surface area contributed by atoms with Crippen LogP contribution in [0.2, 0.25) is 5.02 Å². The molecule has 6 nitrogen and oxygen atoms in total. The second-order valence-electron chi connectivity index (χ2n) is 8.21. The van der Waals surface area contributed by atoms with Crippen LogP contribution in [0, 0.1) is 11.8 Å². The molecule has 1 rings (SSSR count). The topological polar surface area (TPSA) is 84.5 Å². The van der Waals surface area contributed by atoms with Crippen molar-refractivity contribution in [2.75, 3.05) is 5.32 Å². The minimum Gasteiger partial charge on any atom is -0.444 e. The van der Waals surface area contributed by atoms with Crippen molar-refractivity contribution in [2.45, 2.75) is 66.5 Å². The number of rotatable bonds is 7. The number of anilines is 1. The lowest BCUT2D eigenvalue weighted by molar-refractivity contribution is -0.119. The molecule has 0 saturated carbocycles. The Morgan fingerprint density at radius 3 is 2.25 bits per heavy atom. The van der Waals surface area contributed by atoms with Gasteiger partial charge in [-0.1, -0.05) is 45.7 Å². The normalized spacial score (nSPS) is 13.6. The summed E-state index contributed by atoms with van der Waals surface area (Å²) in [5.41, 5.74) is 0.0385. The van der Waals surface area contributed by atoms with E-state index in [1.807, 2.05) is 13.8 Å². The van der Waals surface area contributed by atoms with Gasteiger partial charge in [0.25, 0.3) is 0 Å². The van der Waals surface area contributed by atoms with Gasteiger partial charge < -0.3 is 15.4 Å². The molecule has 2 atom stereocenters. The van der Waals surface area contributed by atoms with Gasteiger partial charge in [-0.05, 0) is 44.9 Å². The lowest BCUT2D eigenvalue weighted by Gasteiger charge is -2.26. The van der Waals surface area contributed by atoms with Crippen LogP contribution in [0.1, 0.15) is 65.2 Å². The predicted molar refractivity (Wildman–Crippen MR) is 112 cm³/mol. The highest BCUT2D eigenvalue weighted by Crippen LogP contribution is 2.24. The molecule has 2 N–H and O–H groups in total. The van der Waals surface area contributed by atoms with E-state index in [1.54, 1.807) is 52.8 Å². The third kappa shape index (κ3) is 7.15. The summed E-state index contributed by atoms with van der Waals surface area (Å²) in [6.07, 6.45) is 0.00858. The smallest absolute Gasteiger partial charge is 0.408 e. The second kappa shape index (κ2) is 9.92. The van der Waals surface area contributed by atoms with E-state index in [4.69, 9.17) is 16.3 Å². The van der Waals surface area contributed by atoms with E-state index >= 15 is 0 Å². The van der Waals surface area contributed by atoms with Gasteiger partial charge in [0.05, 0.1) is 5.69 Å². The number of amides is 2. The first-order chi connectivity index (χ1) is 12.9. The number of hydrogen-bond donors (Lipinski definition) is 2. The number of ether oxygens (including phenoxy) is 1. The number of hydrogen-bond acceptors (Lipinski definition) is 4. The van der Waals surface area contributed by atoms with Gasteiger partial charge in [-0.2, -0.15) is 0 Å². The van der Waals surface area contributed by atoms with Crippen LogP contribution in [-0.4, -0.2) is 29.4 Å². The molecule has 0 aliphatic carbocycles. The van der Waals surface area contributed by atoms with Gasteiger partial charge >= 0.3 is 6.09 Å². The van der Waals surface area contributed by atoms with Gasteiger partial charge in [-0.3, -0.25) is 9.59 Å². The molecule has 156 valence electrons. The van der Waals surface area contributed by atoms with Crippen molar-refractivity contribution in [2.24, 2.45) is 11.8 Å². The summed E-state index contributed by atoms with van der Waals surface area (Å²) in [5.74, 6) is -0.929. The van der Waals surface area contributed by atoms with Gasteiger partial charge in [-0.25, -0.2) is 4.79 Å². The highest BCUT2D eigenvalue weighted by Gasteiger charge is 2.29. The van der Waals surface area contributed by atoms with Crippen molar-refractivity contribution in [3.8, 4) is 0 Å². The molecule has 0 radical (unpaired) electrons. The molecule has 7 heteroatoms. The van der Waals surface area contributed by atoms with Crippen molar-refractivity contribution in [3.63, 3.8) is 0 Å². The zero-order valence-electron chi connectivity index (χ0n) is 17.7. The number of carbonyl (C=O) groups excluding carboxylic acids is 3. The molecule has 0 bridgehead atoms. The van der Waals surface area contributed by atoms with Crippen LogP contribution in [0.5, 0.6) is 0 Å². The van der Waals surface area contributed by atoms with Crippen LogP contribution >= 0.6 is 11.6 Å². The van der Waals surface area contributed by atoms with E-state index < -0.39 is 23.6 Å². The van der Waals surface area contributed by atoms with E-state index in [9.17, 15) is 14.4 Å². The van der Waals surface area contributed by atoms with Crippen molar-refractivity contribution in [1.29, 1.82) is 0 Å². The van der Waals surface area contributed by atoms with E-state index in [0.717, 1.165) is 0 Å². The Balaban J connectivity index is 3.09. The number of benzene rings is 1. The van der Waals surface area contributed by atoms with Gasteiger partial charge in [0, 0.05) is 16.5 Å². The summed E-state index contributed by atoms with van der Waals surface area (Å²) in [7, 11) is 0. The standard InChI is InChI=1S/C21H31ClN2O4/c1-8-13(4)17(24-20(27)28-21(5,6)7)19(26)23-16-10-9-14(22)11-15(16)18(25)12(2)3/h9-13,17H,8H2,1-7H3,(H,23,26)(H,24,27)/t13-,17-/m0/s1. The Hall–Kier alpha value is -2.08. The third-order valence-electron chi connectivity index (χ3n) is 4.20. The van der Waals surface area contributed by atoms with Crippen molar-refractivity contribution < 1.29 is 19.1 Å². The van der Waals surface area contributed by atoms with E-state index in [-0.39, 0.29) is 17.6 Å². The predicted octanol–water partition coefficient (Wildman–Crippen LogP) is 5.06. The van der Waals surface area contributed by atoms with Gasteiger partial charge in [-0.15, -0.1) is 0 Å². The Kier molecular flexibility index (Phi) is 8.48. The molecule has 1 aromatic carbocycles. The minimum absolute atomic E-state index is 0.127. The molecular weight excluding hydrogens is 380 g/mol. The molecular formula is C21H31ClN2O4. The van der Waals surface area contributed by atoms with Gasteiger partial charge in [0.15, 0.2) is 5.78 Å². The fourth-order valence-corrected chi connectivity index (χ4v) is 2.66. The quantitative estimate of drug-likeness (QED) is 0.615. The minimum atomic E-state index is -0.808. The fourth-order valence-electron chi connectivity index (χ4n) is 2.49. The molecule has 0 aliphatic heterocycles. The number of alkyl carbamates (subject to hydrolysis) is 1. The molecule has 0 saturated heterocycles. The maximum absolute atomic E-state index is 12.9. The number of Topliss-reactive ketones (excluding diaryl/α,β-unsaturated/α-hetero) is 1. The fraction of sp³-hybridized carbons (Fsp3) is 0.571. The number of nitrogens with one attached hydrogen (secondary N) is 2. The lowest BCUT2D eigenvalue weighted by Crippen LogP contribution is -2.49. The Bertz CT molecular complexity index is 726. The zero-order valence-corrected chi connectivity index (χ0v) is 18.4. The van der Waals surface area contributed by atoms with Crippen molar-refractivity contribution in [3.05, 3.63) is 28.8 Å². The molecule has 0 aliphatic rings. The van der Waals surface area contributed by atoms with Crippen molar-refractivity contribution >= 4 is 35.1 Å². The SMILES string of the molecule is CC[C@H](C)[C@H](NC(=O)OC(C)(C)C)C(=O)Nc1ccc(Cl)cc1C(=O)C(C)C. The van der Waals surface area contributed by atoms with Crippen LogP contribution < -0.4 is 10.6 Å². The lowest BCUT2D eigenvalue weighted by atomic mass is 9.97. The Morgan fingerprint density at radius 1 is 1.14 bits per heavy atom. The maximum atomic E-state index is 12.9. The molecule has 0 aromatic heterocycles. The van der Waals surface area contributed by atoms with E-state index in [0.29, 0.717) is 22.7 Å². The number of ketones is 1. The summed E-state index contributed by atoms with van der Waals surface area (Å²) < 4.78 is 5.27. The average Bonchev–Trinajstić information content (AvgIpc) is 2.58. The van der Waals surface area contributed by atoms with Crippen LogP contribution in [0.25, 0.3) is 0 Å². The highest BCUT2D eigenvalue weighted by atomic mass is 35.5. The molecule has 0 heterocycles. The van der Waals surface area contributed by atoms with Crippen LogP contribution in [0.15, 0.2) is 18.2 Å². The summed E-state index contributed by atoms with van der Waals surface area (Å²) in [6.45, 7) is 12.6. The maximum Gasteiger partial charge on any atom is 0.408 e. The molecule has 2 amide bonds. The largest absolute Gasteiger partial charge is 0.444 e. The van der Waals surface area contributed by atoms with Crippen LogP contribution in [0.4, 0.5) is 10.5 Å². The second-order valence-corrected chi connectivity index (χ2v) is 8.64. The molecule has 1 aromatic rings. The summed E-state index contributed by atoms with van der Waals surface area (Å²) in [6, 6.07) is 3.93. The summed E-state index contributed by atoms with van der Waals surface area (Å²) in [5, 5.41) is 5.82. The zero-order chi connectivity index (χ0) is 21.6. The Labute approximate surface area is 172 Å². The van der Waals surface area contributed by atoms with E-state index in [1.165, 1.54) is 0 Å². The van der Waals surface area contributed by atoms with Crippen LogP contribution in [-0.2, 0) is 9.53 Å². The first-order valence-electron chi connectivity index (χ1n) is 9.49. The van der Waals surface area contributed by atoms with Crippen molar-refractivity contribution in [1.82, 2.24) is 5.32 Å². The van der Waals surface area contributed by atoms with Crippen LogP contribution in [0.3, 0.4) is 0 Å². The number of halogens is 1. The summed E-state index contributed by atoms with van der Waals surface area (Å²) in [4.78, 5) is 37.6. The number of carbonyl (C=O) groups is 3. The third-order valence-corrected chi connectivity index (χ3v) is 4.43. The molecule has 28 heavy (non-hydrogen) atoms. The van der Waals surface area contributed by atoms with Gasteiger partial charge in [0.2, 0.25) is 5.91 Å².